The molecule has 2 aliphatic rings. The minimum Gasteiger partial charge on any atom is -0.332 e. The highest BCUT2D eigenvalue weighted by Gasteiger charge is 2.45. The van der Waals surface area contributed by atoms with Gasteiger partial charge < -0.3 is 10.2 Å². The summed E-state index contributed by atoms with van der Waals surface area (Å²) < 4.78 is 0. The van der Waals surface area contributed by atoms with E-state index in [1.165, 1.54) is 5.57 Å². The number of nitrogens with zero attached hydrogens (tertiary/aromatic N) is 1. The molecule has 1 fully saturated rings. The first kappa shape index (κ1) is 24.5. The van der Waals surface area contributed by atoms with E-state index >= 15 is 0 Å². The van der Waals surface area contributed by atoms with E-state index in [2.05, 4.69) is 53.8 Å². The van der Waals surface area contributed by atoms with Crippen LogP contribution in [-0.4, -0.2) is 29.1 Å². The van der Waals surface area contributed by atoms with E-state index in [0.717, 1.165) is 37.2 Å². The molecule has 3 N–H and O–H groups in total. The molecule has 4 rings (SSSR count). The highest BCUT2D eigenvalue weighted by atomic mass is 35.5. The van der Waals surface area contributed by atoms with Gasteiger partial charge in [-0.2, -0.15) is 0 Å². The lowest BCUT2D eigenvalue weighted by molar-refractivity contribution is 0.131. The van der Waals surface area contributed by atoms with E-state index in [-0.39, 0.29) is 6.04 Å². The number of hydrogen-bond donors (Lipinski definition) is 3. The van der Waals surface area contributed by atoms with Gasteiger partial charge in [0.1, 0.15) is 0 Å². The van der Waals surface area contributed by atoms with Crippen LogP contribution in [0, 0.1) is 11.8 Å². The lowest BCUT2D eigenvalue weighted by Gasteiger charge is -2.44. The minimum absolute atomic E-state index is 0.215. The quantitative estimate of drug-likeness (QED) is 0.327. The fourth-order valence-corrected chi connectivity index (χ4v) is 5.64. The van der Waals surface area contributed by atoms with Crippen LogP contribution in [0.25, 0.3) is 0 Å². The van der Waals surface area contributed by atoms with Crippen LogP contribution in [-0.2, 0) is 5.79 Å². The molecule has 3 unspecified atom stereocenters. The Morgan fingerprint density at radius 2 is 1.88 bits per heavy atom. The Morgan fingerprint density at radius 3 is 2.58 bits per heavy atom. The van der Waals surface area contributed by atoms with Gasteiger partial charge in [-0.05, 0) is 67.2 Å². The van der Waals surface area contributed by atoms with E-state index in [9.17, 15) is 0 Å². The third kappa shape index (κ3) is 5.55. The summed E-state index contributed by atoms with van der Waals surface area (Å²) in [6.07, 6.45) is 4.65. The number of anilines is 1. The maximum absolute atomic E-state index is 6.44. The van der Waals surface area contributed by atoms with Gasteiger partial charge in [-0.25, -0.2) is 0 Å². The molecule has 176 valence electrons. The molecular weight excluding hydrogens is 471 g/mol. The second-order valence-corrected chi connectivity index (χ2v) is 10.7. The lowest BCUT2D eigenvalue weighted by atomic mass is 9.82. The minimum atomic E-state index is -0.673. The molecule has 0 radical (unpaired) electrons. The van der Waals surface area contributed by atoms with Gasteiger partial charge in [0, 0.05) is 40.4 Å². The van der Waals surface area contributed by atoms with Crippen LogP contribution < -0.4 is 16.0 Å². The normalized spacial score (nSPS) is 25.3. The van der Waals surface area contributed by atoms with Crippen LogP contribution in [0.2, 0.25) is 10.0 Å². The van der Waals surface area contributed by atoms with Gasteiger partial charge in [-0.1, -0.05) is 73.8 Å². The zero-order valence-electron chi connectivity index (χ0n) is 19.4. The molecule has 0 amide bonds. The fraction of sp³-hybridized carbons (Fsp3) is 0.423. The number of hydrogen-bond acceptors (Lipinski definition) is 3. The highest BCUT2D eigenvalue weighted by molar-refractivity contribution is 7.80. The summed E-state index contributed by atoms with van der Waals surface area (Å²) in [5.74, 6) is 0.485. The summed E-state index contributed by atoms with van der Waals surface area (Å²) in [7, 11) is 0. The van der Waals surface area contributed by atoms with Gasteiger partial charge >= 0.3 is 0 Å². The molecule has 0 aromatic heterocycles. The summed E-state index contributed by atoms with van der Waals surface area (Å²) >= 11 is 18.6. The molecule has 1 aliphatic heterocycles. The van der Waals surface area contributed by atoms with Crippen molar-refractivity contribution in [1.82, 2.24) is 15.5 Å². The highest BCUT2D eigenvalue weighted by Crippen LogP contribution is 2.34. The number of benzene rings is 2. The number of allylic oxidation sites excluding steroid dienone is 1. The van der Waals surface area contributed by atoms with Crippen molar-refractivity contribution < 1.29 is 0 Å². The Kier molecular flexibility index (Phi) is 7.66. The first-order valence-electron chi connectivity index (χ1n) is 11.6. The van der Waals surface area contributed by atoms with E-state index in [1.54, 1.807) is 0 Å². The van der Waals surface area contributed by atoms with Crippen molar-refractivity contribution in [3.8, 4) is 0 Å². The van der Waals surface area contributed by atoms with Gasteiger partial charge in [0.2, 0.25) is 0 Å². The Bertz CT molecular complexity index is 1040. The van der Waals surface area contributed by atoms with E-state index in [4.69, 9.17) is 35.4 Å². The number of nitrogens with one attached hydrogen (secondary N) is 3. The van der Waals surface area contributed by atoms with Crippen LogP contribution in [0.1, 0.15) is 39.2 Å². The Morgan fingerprint density at radius 1 is 1.15 bits per heavy atom. The molecule has 33 heavy (non-hydrogen) atoms. The molecular formula is C26H32Cl2N4S. The number of thiocarbonyl (C=S) groups is 1. The number of halogens is 2. The number of rotatable bonds is 5. The van der Waals surface area contributed by atoms with Crippen LogP contribution in [0.15, 0.2) is 60.2 Å². The summed E-state index contributed by atoms with van der Waals surface area (Å²) in [5.41, 5.74) is 3.42. The molecule has 3 atom stereocenters. The predicted octanol–water partition coefficient (Wildman–Crippen LogP) is 6.38. The van der Waals surface area contributed by atoms with Crippen molar-refractivity contribution in [3.63, 3.8) is 0 Å². The van der Waals surface area contributed by atoms with Crippen LogP contribution in [0.3, 0.4) is 0 Å². The van der Waals surface area contributed by atoms with Crippen molar-refractivity contribution in [2.45, 2.75) is 45.4 Å². The van der Waals surface area contributed by atoms with Crippen LogP contribution >= 0.6 is 35.4 Å². The van der Waals surface area contributed by atoms with Crippen molar-refractivity contribution in [2.24, 2.45) is 11.8 Å². The van der Waals surface area contributed by atoms with Gasteiger partial charge in [-0.15, -0.1) is 0 Å². The molecule has 2 aromatic rings. The second-order valence-electron chi connectivity index (χ2n) is 9.43. The summed E-state index contributed by atoms with van der Waals surface area (Å²) in [4.78, 5) is 2.19. The Hall–Kier alpha value is -1.63. The monoisotopic (exact) mass is 502 g/mol. The average Bonchev–Trinajstić information content (AvgIpc) is 3.18. The second kappa shape index (κ2) is 10.3. The third-order valence-corrected chi connectivity index (χ3v) is 7.27. The molecule has 1 saturated heterocycles. The zero-order chi connectivity index (χ0) is 23.6. The predicted molar refractivity (Wildman–Crippen MR) is 144 cm³/mol. The van der Waals surface area contributed by atoms with Crippen molar-refractivity contribution in [2.75, 3.05) is 18.4 Å². The zero-order valence-corrected chi connectivity index (χ0v) is 21.7. The smallest absolute Gasteiger partial charge is 0.176 e. The molecule has 0 saturated carbocycles. The fourth-order valence-electron chi connectivity index (χ4n) is 4.92. The largest absolute Gasteiger partial charge is 0.332 e. The van der Waals surface area contributed by atoms with Crippen LogP contribution in [0.5, 0.6) is 0 Å². The maximum atomic E-state index is 6.44. The summed E-state index contributed by atoms with van der Waals surface area (Å²) in [5, 5.41) is 13.0. The summed E-state index contributed by atoms with van der Waals surface area (Å²) in [6.45, 7) is 8.44. The molecule has 4 nitrogen and oxygen atoms in total. The SMILES string of the molecule is CC1CC(C(C)C)=CC(NC2(c3cccc(Cl)c3)NCCN2C(=S)Nc2cccc(Cl)c2)C1. The van der Waals surface area contributed by atoms with Crippen molar-refractivity contribution in [3.05, 3.63) is 75.8 Å². The Labute approximate surface area is 212 Å². The molecule has 2 aromatic carbocycles. The van der Waals surface area contributed by atoms with Gasteiger partial charge in [0.05, 0.1) is 0 Å². The van der Waals surface area contributed by atoms with Gasteiger partial charge in [0.15, 0.2) is 10.9 Å². The van der Waals surface area contributed by atoms with Gasteiger partial charge in [-0.3, -0.25) is 10.6 Å². The topological polar surface area (TPSA) is 39.3 Å². The standard InChI is InChI=1S/C26H32Cl2N4S/c1-17(2)19-12-18(3)13-24(14-19)31-26(20-6-4-7-21(27)15-20)29-10-11-32(26)25(33)30-23-9-5-8-22(28)16-23/h4-9,14-18,24,29,31H,10-13H2,1-3H3,(H,30,33). The molecule has 1 aliphatic carbocycles. The average molecular weight is 504 g/mol. The van der Waals surface area contributed by atoms with Crippen molar-refractivity contribution >= 4 is 46.2 Å². The summed E-state index contributed by atoms with van der Waals surface area (Å²) in [6, 6.07) is 15.8. The van der Waals surface area contributed by atoms with Crippen molar-refractivity contribution in [1.29, 1.82) is 0 Å². The first-order chi connectivity index (χ1) is 15.8. The molecule has 7 heteroatoms. The van der Waals surface area contributed by atoms with E-state index in [1.807, 2.05) is 42.5 Å². The van der Waals surface area contributed by atoms with Gasteiger partial charge in [0.25, 0.3) is 0 Å². The van der Waals surface area contributed by atoms with E-state index in [0.29, 0.717) is 27.0 Å². The lowest BCUT2D eigenvalue weighted by Crippen LogP contribution is -2.64. The molecule has 0 spiro atoms. The Balaban J connectivity index is 1.69. The van der Waals surface area contributed by atoms with E-state index < -0.39 is 5.79 Å². The van der Waals surface area contributed by atoms with Crippen LogP contribution in [0.4, 0.5) is 5.69 Å². The maximum Gasteiger partial charge on any atom is 0.176 e. The molecule has 0 bridgehead atoms. The third-order valence-electron chi connectivity index (χ3n) is 6.48. The first-order valence-corrected chi connectivity index (χ1v) is 12.8. The molecule has 1 heterocycles.